The van der Waals surface area contributed by atoms with Gasteiger partial charge < -0.3 is 20.0 Å². The van der Waals surface area contributed by atoms with Gasteiger partial charge in [0.25, 0.3) is 0 Å². The highest BCUT2D eigenvalue weighted by Gasteiger charge is 2.15. The van der Waals surface area contributed by atoms with Crippen LogP contribution in [0.2, 0.25) is 0 Å². The van der Waals surface area contributed by atoms with Gasteiger partial charge in [-0.15, -0.1) is 0 Å². The summed E-state index contributed by atoms with van der Waals surface area (Å²) in [6.45, 7) is -4.57. The molecule has 0 bridgehead atoms. The summed E-state index contributed by atoms with van der Waals surface area (Å²) in [7, 11) is 0. The van der Waals surface area contributed by atoms with Crippen molar-refractivity contribution in [3.05, 3.63) is 0 Å². The van der Waals surface area contributed by atoms with Crippen molar-refractivity contribution in [1.29, 1.82) is 0 Å². The zero-order valence-corrected chi connectivity index (χ0v) is 6.76. The summed E-state index contributed by atoms with van der Waals surface area (Å²) >= 11 is 0.323. The molecule has 4 N–H and O–H groups in total. The zero-order chi connectivity index (χ0) is 8.20. The van der Waals surface area contributed by atoms with Gasteiger partial charge in [-0.3, -0.25) is 0 Å². The van der Waals surface area contributed by atoms with Crippen LogP contribution >= 0.6 is 18.2 Å². The van der Waals surface area contributed by atoms with E-state index >= 15 is 0 Å². The van der Waals surface area contributed by atoms with Crippen LogP contribution in [0.15, 0.2) is 0 Å². The fraction of sp³-hybridized carbons (Fsp3) is 1.00. The Morgan fingerprint density at radius 2 is 2.00 bits per heavy atom. The standard InChI is InChI=1S/C3H9O5PS/c4-1-3(5)2-10-9(6,7)8/h3-5H,1-2H2,(H2,6,7,8). The molecule has 0 saturated carbocycles. The Kier molecular flexibility index (Phi) is 4.51. The van der Waals surface area contributed by atoms with Gasteiger partial charge in [0, 0.05) is 5.75 Å². The summed E-state index contributed by atoms with van der Waals surface area (Å²) in [5, 5.41) is 16.8. The van der Waals surface area contributed by atoms with E-state index in [4.69, 9.17) is 20.0 Å². The minimum Gasteiger partial charge on any atom is -0.394 e. The maximum Gasteiger partial charge on any atom is 0.384 e. The van der Waals surface area contributed by atoms with E-state index in [0.29, 0.717) is 11.4 Å². The van der Waals surface area contributed by atoms with Crippen LogP contribution in [-0.2, 0) is 4.57 Å². The molecule has 0 amide bonds. The highest BCUT2D eigenvalue weighted by atomic mass is 32.7. The van der Waals surface area contributed by atoms with Gasteiger partial charge in [-0.05, 0) is 11.4 Å². The lowest BCUT2D eigenvalue weighted by Crippen LogP contribution is -2.14. The van der Waals surface area contributed by atoms with Crippen LogP contribution in [0.25, 0.3) is 0 Å². The first-order valence-corrected chi connectivity index (χ1v) is 5.65. The number of rotatable bonds is 4. The summed E-state index contributed by atoms with van der Waals surface area (Å²) in [6, 6.07) is 0. The molecule has 0 saturated heterocycles. The van der Waals surface area contributed by atoms with Crippen molar-refractivity contribution < 1.29 is 24.6 Å². The Balaban J connectivity index is 3.46. The molecular formula is C3H9O5PS. The summed E-state index contributed by atoms with van der Waals surface area (Å²) in [6.07, 6.45) is -1.06. The number of hydrogen-bond acceptors (Lipinski definition) is 4. The van der Waals surface area contributed by atoms with E-state index in [2.05, 4.69) is 0 Å². The quantitative estimate of drug-likeness (QED) is 0.430. The molecule has 0 rings (SSSR count). The van der Waals surface area contributed by atoms with Crippen molar-refractivity contribution in [2.45, 2.75) is 6.10 Å². The molecule has 0 aliphatic rings. The van der Waals surface area contributed by atoms with Gasteiger partial charge in [-0.1, -0.05) is 0 Å². The van der Waals surface area contributed by atoms with E-state index in [1.807, 2.05) is 0 Å². The third-order valence-corrected chi connectivity index (χ3v) is 2.97. The maximum atomic E-state index is 10.1. The van der Waals surface area contributed by atoms with E-state index in [1.54, 1.807) is 0 Å². The molecule has 0 spiro atoms. The van der Waals surface area contributed by atoms with Crippen molar-refractivity contribution in [2.24, 2.45) is 0 Å². The first-order chi connectivity index (χ1) is 4.45. The molecular weight excluding hydrogens is 179 g/mol. The lowest BCUT2D eigenvalue weighted by Gasteiger charge is -2.06. The number of aliphatic hydroxyl groups is 2. The van der Waals surface area contributed by atoms with Gasteiger partial charge >= 0.3 is 6.80 Å². The third-order valence-electron chi connectivity index (χ3n) is 0.646. The monoisotopic (exact) mass is 188 g/mol. The highest BCUT2D eigenvalue weighted by Crippen LogP contribution is 2.50. The van der Waals surface area contributed by atoms with Gasteiger partial charge in [0.1, 0.15) is 0 Å². The van der Waals surface area contributed by atoms with Gasteiger partial charge in [0.05, 0.1) is 12.7 Å². The topological polar surface area (TPSA) is 98.0 Å². The van der Waals surface area contributed by atoms with Gasteiger partial charge in [-0.25, -0.2) is 4.57 Å². The summed E-state index contributed by atoms with van der Waals surface area (Å²) in [5.74, 6) is -0.152. The summed E-state index contributed by atoms with van der Waals surface area (Å²) in [4.78, 5) is 16.5. The summed E-state index contributed by atoms with van der Waals surface area (Å²) < 4.78 is 10.1. The Labute approximate surface area is 62.0 Å². The van der Waals surface area contributed by atoms with Crippen molar-refractivity contribution in [3.8, 4) is 0 Å². The van der Waals surface area contributed by atoms with Crippen molar-refractivity contribution >= 4 is 18.2 Å². The van der Waals surface area contributed by atoms with Crippen LogP contribution in [-0.4, -0.2) is 38.5 Å². The first-order valence-electron chi connectivity index (χ1n) is 2.44. The molecule has 1 unspecified atom stereocenters. The fourth-order valence-corrected chi connectivity index (χ4v) is 1.81. The average molecular weight is 188 g/mol. The minimum atomic E-state index is -4.09. The van der Waals surface area contributed by atoms with Crippen LogP contribution < -0.4 is 0 Å². The predicted octanol–water partition coefficient (Wildman–Crippen LogP) is -0.835. The molecule has 0 aromatic carbocycles. The number of aliphatic hydroxyl groups excluding tert-OH is 2. The molecule has 7 heteroatoms. The average Bonchev–Trinajstić information content (AvgIpc) is 1.81. The maximum absolute atomic E-state index is 10.1. The van der Waals surface area contributed by atoms with Crippen molar-refractivity contribution in [2.75, 3.05) is 12.4 Å². The van der Waals surface area contributed by atoms with Crippen molar-refractivity contribution in [3.63, 3.8) is 0 Å². The molecule has 5 nitrogen and oxygen atoms in total. The smallest absolute Gasteiger partial charge is 0.384 e. The molecule has 0 aromatic rings. The summed E-state index contributed by atoms with van der Waals surface area (Å²) in [5.41, 5.74) is 0. The van der Waals surface area contributed by atoms with Gasteiger partial charge in [0.15, 0.2) is 0 Å². The molecule has 1 atom stereocenters. The molecule has 0 aromatic heterocycles. The van der Waals surface area contributed by atoms with Gasteiger partial charge in [0.2, 0.25) is 0 Å². The molecule has 0 radical (unpaired) electrons. The predicted molar refractivity (Wildman–Crippen MR) is 37.6 cm³/mol. The van der Waals surface area contributed by atoms with Crippen LogP contribution in [0.3, 0.4) is 0 Å². The van der Waals surface area contributed by atoms with Crippen LogP contribution in [0.1, 0.15) is 0 Å². The Hall–Kier alpha value is 0.420. The fourth-order valence-electron chi connectivity index (χ4n) is 0.236. The Morgan fingerprint density at radius 3 is 2.30 bits per heavy atom. The van der Waals surface area contributed by atoms with E-state index in [0.717, 1.165) is 0 Å². The second-order valence-corrected chi connectivity index (χ2v) is 5.40. The molecule has 0 aliphatic heterocycles. The van der Waals surface area contributed by atoms with Gasteiger partial charge in [-0.2, -0.15) is 0 Å². The lowest BCUT2D eigenvalue weighted by molar-refractivity contribution is 0.113. The molecule has 0 aliphatic carbocycles. The molecule has 0 fully saturated rings. The van der Waals surface area contributed by atoms with Crippen LogP contribution in [0, 0.1) is 0 Å². The largest absolute Gasteiger partial charge is 0.394 e. The van der Waals surface area contributed by atoms with Crippen molar-refractivity contribution in [1.82, 2.24) is 0 Å². The minimum absolute atomic E-state index is 0.152. The number of hydrogen-bond donors (Lipinski definition) is 4. The van der Waals surface area contributed by atoms with E-state index in [-0.39, 0.29) is 5.75 Å². The first kappa shape index (κ1) is 10.4. The normalized spacial score (nSPS) is 15.2. The van der Waals surface area contributed by atoms with Crippen LogP contribution in [0.4, 0.5) is 0 Å². The van der Waals surface area contributed by atoms with E-state index in [1.165, 1.54) is 0 Å². The van der Waals surface area contributed by atoms with E-state index < -0.39 is 19.5 Å². The molecule has 0 heterocycles. The molecule has 62 valence electrons. The Bertz CT molecular complexity index is 133. The SMILES string of the molecule is O=P(O)(O)SCC(O)CO. The van der Waals surface area contributed by atoms with Crippen LogP contribution in [0.5, 0.6) is 0 Å². The van der Waals surface area contributed by atoms with E-state index in [9.17, 15) is 4.57 Å². The third kappa shape index (κ3) is 6.54. The lowest BCUT2D eigenvalue weighted by atomic mass is 10.4. The second-order valence-electron chi connectivity index (χ2n) is 1.62. The zero-order valence-electron chi connectivity index (χ0n) is 5.04. The second kappa shape index (κ2) is 4.33. The highest BCUT2D eigenvalue weighted by molar-refractivity contribution is 8.54. The Morgan fingerprint density at radius 1 is 1.50 bits per heavy atom. The molecule has 10 heavy (non-hydrogen) atoms.